The largest absolute Gasteiger partial charge is 0.351 e. The van der Waals surface area contributed by atoms with Crippen molar-refractivity contribution in [2.24, 2.45) is 0 Å². The lowest BCUT2D eigenvalue weighted by Crippen LogP contribution is -2.18. The molecule has 0 amide bonds. The van der Waals surface area contributed by atoms with Crippen LogP contribution in [-0.4, -0.2) is 16.6 Å². The lowest BCUT2D eigenvalue weighted by Gasteiger charge is -2.12. The number of hydrogen-bond acceptors (Lipinski definition) is 2. The van der Waals surface area contributed by atoms with Crippen LogP contribution in [0.2, 0.25) is 0 Å². The maximum absolute atomic E-state index is 13.1. The van der Waals surface area contributed by atoms with Crippen LogP contribution in [0.5, 0.6) is 0 Å². The van der Waals surface area contributed by atoms with Gasteiger partial charge in [-0.1, -0.05) is 0 Å². The monoisotopic (exact) mass is 243 g/mol. The van der Waals surface area contributed by atoms with E-state index in [1.807, 2.05) is 0 Å². The van der Waals surface area contributed by atoms with Crippen LogP contribution in [0.3, 0.4) is 0 Å². The number of carbonyl (C=O) groups excluding carboxylic acids is 2. The van der Waals surface area contributed by atoms with Crippen LogP contribution in [0.1, 0.15) is 34.7 Å². The zero-order valence-electron chi connectivity index (χ0n) is 9.93. The minimum Gasteiger partial charge on any atom is -0.351 e. The van der Waals surface area contributed by atoms with E-state index >= 15 is 0 Å². The van der Waals surface area contributed by atoms with Crippen molar-refractivity contribution in [3.05, 3.63) is 46.4 Å². The number of ketones is 2. The second kappa shape index (κ2) is 3.38. The smallest absolute Gasteiger partial charge is 0.206 e. The van der Waals surface area contributed by atoms with E-state index in [-0.39, 0.29) is 17.3 Å². The molecule has 1 aliphatic rings. The molecular weight excluding hydrogens is 233 g/mol. The van der Waals surface area contributed by atoms with Gasteiger partial charge in [-0.15, -0.1) is 0 Å². The average molecular weight is 243 g/mol. The number of benzene rings is 1. The Morgan fingerprint density at radius 1 is 1.06 bits per heavy atom. The number of Topliss-reactive ketones (excluding diaryl/α,β-unsaturated/α-hetero) is 2. The number of allylic oxidation sites excluding steroid dienone is 2. The van der Waals surface area contributed by atoms with E-state index in [0.717, 1.165) is 0 Å². The number of aromatic amines is 1. The standard InChI is InChI=1S/C14H10FNO2/c1-6-7(2)14(18)12-11(13(6)17)9-4-3-8(15)5-10(9)16-12/h3-5,16H,1-2H3. The van der Waals surface area contributed by atoms with E-state index < -0.39 is 5.82 Å². The van der Waals surface area contributed by atoms with E-state index in [9.17, 15) is 14.0 Å². The van der Waals surface area contributed by atoms with Crippen molar-refractivity contribution in [1.82, 2.24) is 4.98 Å². The van der Waals surface area contributed by atoms with Gasteiger partial charge in [-0.2, -0.15) is 0 Å². The summed E-state index contributed by atoms with van der Waals surface area (Å²) in [7, 11) is 0. The van der Waals surface area contributed by atoms with Crippen LogP contribution in [-0.2, 0) is 0 Å². The maximum atomic E-state index is 13.1. The summed E-state index contributed by atoms with van der Waals surface area (Å²) in [6.07, 6.45) is 0. The topological polar surface area (TPSA) is 49.9 Å². The SMILES string of the molecule is CC1=C(C)C(=O)c2c([nH]c3cc(F)ccc23)C1=O. The van der Waals surface area contributed by atoms with Gasteiger partial charge in [0.2, 0.25) is 5.78 Å². The average Bonchev–Trinajstić information content (AvgIpc) is 2.72. The van der Waals surface area contributed by atoms with Gasteiger partial charge >= 0.3 is 0 Å². The second-order valence-electron chi connectivity index (χ2n) is 4.47. The normalized spacial score (nSPS) is 15.5. The molecule has 0 atom stereocenters. The third-order valence-electron chi connectivity index (χ3n) is 3.46. The lowest BCUT2D eigenvalue weighted by molar-refractivity contribution is 0.0973. The van der Waals surface area contributed by atoms with Gasteiger partial charge in [-0.3, -0.25) is 9.59 Å². The highest BCUT2D eigenvalue weighted by atomic mass is 19.1. The molecule has 1 heterocycles. The predicted octanol–water partition coefficient (Wildman–Crippen LogP) is 3.02. The zero-order valence-corrected chi connectivity index (χ0v) is 9.93. The maximum Gasteiger partial charge on any atom is 0.206 e. The zero-order chi connectivity index (χ0) is 13.0. The van der Waals surface area contributed by atoms with Gasteiger partial charge in [0.15, 0.2) is 5.78 Å². The molecule has 90 valence electrons. The Morgan fingerprint density at radius 2 is 1.72 bits per heavy atom. The Balaban J connectivity index is 2.41. The van der Waals surface area contributed by atoms with E-state index in [1.165, 1.54) is 18.2 Å². The first kappa shape index (κ1) is 10.9. The second-order valence-corrected chi connectivity index (χ2v) is 4.47. The molecule has 0 spiro atoms. The van der Waals surface area contributed by atoms with Crippen molar-refractivity contribution in [3.63, 3.8) is 0 Å². The van der Waals surface area contributed by atoms with Crippen molar-refractivity contribution in [3.8, 4) is 0 Å². The highest BCUT2D eigenvalue weighted by Crippen LogP contribution is 2.31. The Morgan fingerprint density at radius 3 is 2.44 bits per heavy atom. The molecule has 3 rings (SSSR count). The molecular formula is C14H10FNO2. The molecule has 4 heteroatoms. The molecule has 3 nitrogen and oxygen atoms in total. The number of aromatic nitrogens is 1. The Kier molecular flexibility index (Phi) is 2.05. The highest BCUT2D eigenvalue weighted by molar-refractivity contribution is 6.30. The number of nitrogens with one attached hydrogen (secondary N) is 1. The Bertz CT molecular complexity index is 752. The number of hydrogen-bond donors (Lipinski definition) is 1. The number of H-pyrrole nitrogens is 1. The van der Waals surface area contributed by atoms with Crippen LogP contribution < -0.4 is 0 Å². The third-order valence-corrected chi connectivity index (χ3v) is 3.46. The fraction of sp³-hybridized carbons (Fsp3) is 0.143. The van der Waals surface area contributed by atoms with E-state index in [4.69, 9.17) is 0 Å². The van der Waals surface area contributed by atoms with Gasteiger partial charge in [0, 0.05) is 22.0 Å². The summed E-state index contributed by atoms with van der Waals surface area (Å²) < 4.78 is 13.1. The summed E-state index contributed by atoms with van der Waals surface area (Å²) in [6, 6.07) is 4.10. The molecule has 0 saturated heterocycles. The number of carbonyl (C=O) groups is 2. The molecule has 1 aromatic carbocycles. The van der Waals surface area contributed by atoms with E-state index in [2.05, 4.69) is 4.98 Å². The molecule has 0 fully saturated rings. The first-order valence-corrected chi connectivity index (χ1v) is 5.59. The van der Waals surface area contributed by atoms with Crippen molar-refractivity contribution in [2.45, 2.75) is 13.8 Å². The minimum absolute atomic E-state index is 0.167. The van der Waals surface area contributed by atoms with Crippen LogP contribution in [0.15, 0.2) is 29.3 Å². The highest BCUT2D eigenvalue weighted by Gasteiger charge is 2.31. The van der Waals surface area contributed by atoms with Crippen molar-refractivity contribution >= 4 is 22.5 Å². The summed E-state index contributed by atoms with van der Waals surface area (Å²) in [5.74, 6) is -0.763. The molecule has 1 N–H and O–H groups in total. The first-order chi connectivity index (χ1) is 8.50. The Hall–Kier alpha value is -2.23. The van der Waals surface area contributed by atoms with Crippen molar-refractivity contribution < 1.29 is 14.0 Å². The quantitative estimate of drug-likeness (QED) is 0.773. The molecule has 18 heavy (non-hydrogen) atoms. The molecule has 1 aliphatic carbocycles. The molecule has 0 aliphatic heterocycles. The van der Waals surface area contributed by atoms with Crippen LogP contribution in [0.25, 0.3) is 10.9 Å². The van der Waals surface area contributed by atoms with E-state index in [1.54, 1.807) is 13.8 Å². The number of halogens is 1. The van der Waals surface area contributed by atoms with Crippen molar-refractivity contribution in [2.75, 3.05) is 0 Å². The van der Waals surface area contributed by atoms with Gasteiger partial charge in [0.1, 0.15) is 5.82 Å². The van der Waals surface area contributed by atoms with Gasteiger partial charge in [0.05, 0.1) is 11.3 Å². The lowest BCUT2D eigenvalue weighted by atomic mass is 9.88. The fourth-order valence-electron chi connectivity index (χ4n) is 2.29. The fourth-order valence-corrected chi connectivity index (χ4v) is 2.29. The summed E-state index contributed by atoms with van der Waals surface area (Å²) in [4.78, 5) is 27.1. The molecule has 0 radical (unpaired) electrons. The van der Waals surface area contributed by atoms with Gasteiger partial charge in [-0.05, 0) is 32.0 Å². The van der Waals surface area contributed by atoms with E-state index in [0.29, 0.717) is 27.6 Å². The molecule has 0 bridgehead atoms. The molecule has 0 unspecified atom stereocenters. The van der Waals surface area contributed by atoms with Crippen molar-refractivity contribution in [1.29, 1.82) is 0 Å². The van der Waals surface area contributed by atoms with Gasteiger partial charge in [0.25, 0.3) is 0 Å². The number of fused-ring (bicyclic) bond motifs is 3. The summed E-state index contributed by atoms with van der Waals surface area (Å²) in [5.41, 5.74) is 2.00. The third kappa shape index (κ3) is 1.23. The van der Waals surface area contributed by atoms with Gasteiger partial charge in [-0.25, -0.2) is 4.39 Å². The molecule has 2 aromatic rings. The number of rotatable bonds is 0. The summed E-state index contributed by atoms with van der Waals surface area (Å²) in [6.45, 7) is 3.27. The molecule has 1 aromatic heterocycles. The van der Waals surface area contributed by atoms with Crippen LogP contribution in [0.4, 0.5) is 4.39 Å². The molecule has 0 saturated carbocycles. The van der Waals surface area contributed by atoms with Crippen LogP contribution in [0, 0.1) is 5.82 Å². The Labute approximate surface area is 102 Å². The first-order valence-electron chi connectivity index (χ1n) is 5.59. The summed E-state index contributed by atoms with van der Waals surface area (Å²) >= 11 is 0. The predicted molar refractivity (Wildman–Crippen MR) is 65.3 cm³/mol. The summed E-state index contributed by atoms with van der Waals surface area (Å²) in [5, 5.41) is 0.594. The minimum atomic E-state index is -0.401. The van der Waals surface area contributed by atoms with Gasteiger partial charge < -0.3 is 4.98 Å². The van der Waals surface area contributed by atoms with Crippen LogP contribution >= 0.6 is 0 Å².